The molecule has 9 heteroatoms. The Bertz CT molecular complexity index is 1480. The number of carbonyl (C=O) groups excluding carboxylic acids is 3. The lowest BCUT2D eigenvalue weighted by Gasteiger charge is -2.44. The van der Waals surface area contributed by atoms with Gasteiger partial charge in [-0.1, -0.05) is 84.9 Å². The molecule has 220 valence electrons. The van der Waals surface area contributed by atoms with Crippen molar-refractivity contribution < 1.29 is 43.2 Å². The molecule has 0 amide bonds. The summed E-state index contributed by atoms with van der Waals surface area (Å²) in [4.78, 5) is 39.6. The average Bonchev–Trinajstić information content (AvgIpc) is 3.06. The maximum atomic E-state index is 13.4. The lowest BCUT2D eigenvalue weighted by atomic mass is 9.97. The molecule has 1 N–H and O–H groups in total. The Morgan fingerprint density at radius 2 is 0.977 bits per heavy atom. The minimum Gasteiger partial charge on any atom is -0.452 e. The Hall–Kier alpha value is -4.83. The van der Waals surface area contributed by atoms with Crippen LogP contribution in [0.4, 0.5) is 0 Å². The molecule has 1 aliphatic heterocycles. The van der Waals surface area contributed by atoms with Gasteiger partial charge in [-0.05, 0) is 42.0 Å². The van der Waals surface area contributed by atoms with Crippen LogP contribution in [0.3, 0.4) is 0 Å². The molecule has 0 aromatic heterocycles. The second-order valence-electron chi connectivity index (χ2n) is 9.73. The van der Waals surface area contributed by atoms with E-state index < -0.39 is 55.2 Å². The third-order valence-electron chi connectivity index (χ3n) is 6.79. The van der Waals surface area contributed by atoms with Gasteiger partial charge in [-0.25, -0.2) is 14.4 Å². The predicted molar refractivity (Wildman–Crippen MR) is 154 cm³/mol. The van der Waals surface area contributed by atoms with E-state index in [1.807, 2.05) is 30.3 Å². The molecule has 1 saturated heterocycles. The standard InChI is InChI=1S/C34H30O9/c35-21-27-28(41-31(36)24-15-7-2-8-16-24)29(42-32(37)25-17-9-3-10-18-25)30(39-22-23-13-5-1-6-14-23)34(40-27)43-33(38)26-19-11-4-12-20-26/h1-20,27-30,34-35H,21-22H2/t27-,28+,29-,30-,34+/m0/s1. The Morgan fingerprint density at radius 3 is 1.44 bits per heavy atom. The number of hydrogen-bond donors (Lipinski definition) is 1. The van der Waals surface area contributed by atoms with Crippen LogP contribution >= 0.6 is 0 Å². The second kappa shape index (κ2) is 14.4. The van der Waals surface area contributed by atoms with Gasteiger partial charge in [-0.15, -0.1) is 0 Å². The summed E-state index contributed by atoms with van der Waals surface area (Å²) in [5.41, 5.74) is 1.52. The molecule has 5 rings (SSSR count). The molecule has 4 aromatic carbocycles. The Labute approximate surface area is 248 Å². The summed E-state index contributed by atoms with van der Waals surface area (Å²) in [6.07, 6.45) is -6.58. The van der Waals surface area contributed by atoms with Crippen LogP contribution < -0.4 is 0 Å². The number of aliphatic hydroxyl groups is 1. The van der Waals surface area contributed by atoms with E-state index in [-0.39, 0.29) is 23.3 Å². The minimum atomic E-state index is -1.44. The van der Waals surface area contributed by atoms with Crippen molar-refractivity contribution in [2.75, 3.05) is 6.61 Å². The van der Waals surface area contributed by atoms with Crippen LogP contribution in [-0.4, -0.2) is 60.3 Å². The smallest absolute Gasteiger partial charge is 0.340 e. The number of benzene rings is 4. The third kappa shape index (κ3) is 7.52. The van der Waals surface area contributed by atoms with Gasteiger partial charge in [-0.3, -0.25) is 0 Å². The van der Waals surface area contributed by atoms with E-state index in [0.29, 0.717) is 0 Å². The molecule has 1 aliphatic rings. The molecule has 1 heterocycles. The maximum Gasteiger partial charge on any atom is 0.340 e. The first kappa shape index (κ1) is 29.7. The molecule has 5 atom stereocenters. The highest BCUT2D eigenvalue weighted by molar-refractivity contribution is 5.91. The monoisotopic (exact) mass is 582 g/mol. The van der Waals surface area contributed by atoms with Crippen LogP contribution in [0, 0.1) is 0 Å². The summed E-state index contributed by atoms with van der Waals surface area (Å²) in [5, 5.41) is 10.3. The summed E-state index contributed by atoms with van der Waals surface area (Å²) in [6, 6.07) is 34.0. The highest BCUT2D eigenvalue weighted by Crippen LogP contribution is 2.31. The zero-order valence-electron chi connectivity index (χ0n) is 23.1. The number of carbonyl (C=O) groups is 3. The number of hydrogen-bond acceptors (Lipinski definition) is 9. The first-order valence-electron chi connectivity index (χ1n) is 13.7. The van der Waals surface area contributed by atoms with Crippen LogP contribution in [0.1, 0.15) is 36.6 Å². The zero-order chi connectivity index (χ0) is 30.0. The number of esters is 3. The Balaban J connectivity index is 1.50. The van der Waals surface area contributed by atoms with Crippen molar-refractivity contribution in [3.63, 3.8) is 0 Å². The summed E-state index contributed by atoms with van der Waals surface area (Å²) in [6.45, 7) is -0.617. The largest absolute Gasteiger partial charge is 0.452 e. The number of aliphatic hydroxyl groups excluding tert-OH is 1. The van der Waals surface area contributed by atoms with Crippen molar-refractivity contribution in [1.82, 2.24) is 0 Å². The van der Waals surface area contributed by atoms with Gasteiger partial charge in [-0.2, -0.15) is 0 Å². The van der Waals surface area contributed by atoms with Crippen LogP contribution in [0.25, 0.3) is 0 Å². The van der Waals surface area contributed by atoms with Crippen molar-refractivity contribution in [3.05, 3.63) is 144 Å². The van der Waals surface area contributed by atoms with Crippen molar-refractivity contribution in [2.24, 2.45) is 0 Å². The SMILES string of the molecule is O=C(O[C@H]1O[C@@H](CO)[C@@H](OC(=O)c2ccccc2)[C@H](OC(=O)c2ccccc2)[C@@H]1OCc1ccccc1)c1ccccc1. The van der Waals surface area contributed by atoms with Gasteiger partial charge in [0.05, 0.1) is 29.9 Å². The molecule has 0 spiro atoms. The summed E-state index contributed by atoms with van der Waals surface area (Å²) >= 11 is 0. The highest BCUT2D eigenvalue weighted by atomic mass is 16.7. The summed E-state index contributed by atoms with van der Waals surface area (Å²) < 4.78 is 29.8. The predicted octanol–water partition coefficient (Wildman–Crippen LogP) is 4.60. The molecule has 0 saturated carbocycles. The fraction of sp³-hybridized carbons (Fsp3) is 0.206. The fourth-order valence-corrected chi connectivity index (χ4v) is 4.62. The Morgan fingerprint density at radius 1 is 0.558 bits per heavy atom. The normalized spacial score (nSPS) is 21.4. The van der Waals surface area contributed by atoms with E-state index in [1.165, 1.54) is 0 Å². The van der Waals surface area contributed by atoms with Crippen molar-refractivity contribution in [1.29, 1.82) is 0 Å². The van der Waals surface area contributed by atoms with Gasteiger partial charge in [0.2, 0.25) is 6.29 Å². The third-order valence-corrected chi connectivity index (χ3v) is 6.79. The zero-order valence-corrected chi connectivity index (χ0v) is 23.1. The molecule has 1 fully saturated rings. The van der Waals surface area contributed by atoms with E-state index in [1.54, 1.807) is 91.0 Å². The topological polar surface area (TPSA) is 118 Å². The van der Waals surface area contributed by atoms with E-state index in [9.17, 15) is 19.5 Å². The Kier molecular flexibility index (Phi) is 9.91. The van der Waals surface area contributed by atoms with Crippen LogP contribution in [-0.2, 0) is 30.3 Å². The first-order valence-corrected chi connectivity index (χ1v) is 13.7. The molecule has 4 aromatic rings. The minimum absolute atomic E-state index is 0.0246. The molecule has 0 unspecified atom stereocenters. The van der Waals surface area contributed by atoms with E-state index >= 15 is 0 Å². The average molecular weight is 583 g/mol. The summed E-state index contributed by atoms with van der Waals surface area (Å²) in [5.74, 6) is -2.18. The van der Waals surface area contributed by atoms with Gasteiger partial charge in [0, 0.05) is 0 Å². The van der Waals surface area contributed by atoms with Crippen LogP contribution in [0.5, 0.6) is 0 Å². The maximum absolute atomic E-state index is 13.4. The van der Waals surface area contributed by atoms with Gasteiger partial charge in [0.15, 0.2) is 18.3 Å². The lowest BCUT2D eigenvalue weighted by molar-refractivity contribution is -0.295. The van der Waals surface area contributed by atoms with Crippen molar-refractivity contribution >= 4 is 17.9 Å². The number of rotatable bonds is 10. The van der Waals surface area contributed by atoms with E-state index in [0.717, 1.165) is 5.56 Å². The summed E-state index contributed by atoms with van der Waals surface area (Å²) in [7, 11) is 0. The molecule has 43 heavy (non-hydrogen) atoms. The van der Waals surface area contributed by atoms with E-state index in [4.69, 9.17) is 23.7 Å². The van der Waals surface area contributed by atoms with E-state index in [2.05, 4.69) is 0 Å². The number of ether oxygens (including phenoxy) is 5. The highest BCUT2D eigenvalue weighted by Gasteiger charge is 2.52. The van der Waals surface area contributed by atoms with Gasteiger partial charge in [0.1, 0.15) is 6.10 Å². The molecule has 0 radical (unpaired) electrons. The van der Waals surface area contributed by atoms with Crippen LogP contribution in [0.2, 0.25) is 0 Å². The fourth-order valence-electron chi connectivity index (χ4n) is 4.62. The lowest BCUT2D eigenvalue weighted by Crippen LogP contribution is -2.62. The molecule has 0 bridgehead atoms. The first-order chi connectivity index (χ1) is 21.0. The van der Waals surface area contributed by atoms with Crippen molar-refractivity contribution in [3.8, 4) is 0 Å². The van der Waals surface area contributed by atoms with Gasteiger partial charge in [0.25, 0.3) is 0 Å². The molecular formula is C34H30O9. The van der Waals surface area contributed by atoms with Crippen LogP contribution in [0.15, 0.2) is 121 Å². The molecule has 9 nitrogen and oxygen atoms in total. The van der Waals surface area contributed by atoms with Crippen molar-refractivity contribution in [2.45, 2.75) is 37.3 Å². The molecule has 0 aliphatic carbocycles. The van der Waals surface area contributed by atoms with Gasteiger partial charge < -0.3 is 28.8 Å². The quantitative estimate of drug-likeness (QED) is 0.212. The molecular weight excluding hydrogens is 552 g/mol. The second-order valence-corrected chi connectivity index (χ2v) is 9.73. The van der Waals surface area contributed by atoms with Gasteiger partial charge >= 0.3 is 17.9 Å².